The Hall–Kier alpha value is -1.67. The third-order valence-electron chi connectivity index (χ3n) is 3.72. The highest BCUT2D eigenvalue weighted by Gasteiger charge is 2.25. The SMILES string of the molecule is CCCCC[C@H](CC(=O)NO)C(=O)NC(=O)N1CCNCC1. The second-order valence-electron chi connectivity index (χ2n) is 5.46. The molecule has 0 aliphatic carbocycles. The van der Waals surface area contributed by atoms with E-state index in [9.17, 15) is 14.4 Å². The Morgan fingerprint density at radius 1 is 1.23 bits per heavy atom. The van der Waals surface area contributed by atoms with Gasteiger partial charge in [0.1, 0.15) is 0 Å². The molecule has 4 N–H and O–H groups in total. The molecular formula is C14H26N4O4. The minimum absolute atomic E-state index is 0.124. The summed E-state index contributed by atoms with van der Waals surface area (Å²) in [6.45, 7) is 4.56. The average molecular weight is 314 g/mol. The van der Waals surface area contributed by atoms with Crippen LogP contribution >= 0.6 is 0 Å². The highest BCUT2D eigenvalue weighted by molar-refractivity contribution is 5.97. The van der Waals surface area contributed by atoms with Crippen molar-refractivity contribution in [2.24, 2.45) is 5.92 Å². The number of urea groups is 1. The van der Waals surface area contributed by atoms with Gasteiger partial charge in [0.05, 0.1) is 0 Å². The highest BCUT2D eigenvalue weighted by atomic mass is 16.5. The Morgan fingerprint density at radius 3 is 2.50 bits per heavy atom. The van der Waals surface area contributed by atoms with E-state index in [1.165, 1.54) is 5.48 Å². The quantitative estimate of drug-likeness (QED) is 0.305. The summed E-state index contributed by atoms with van der Waals surface area (Å²) in [5.74, 6) is -1.68. The Morgan fingerprint density at radius 2 is 1.91 bits per heavy atom. The van der Waals surface area contributed by atoms with E-state index in [-0.39, 0.29) is 6.42 Å². The summed E-state index contributed by atoms with van der Waals surface area (Å²) in [5.41, 5.74) is 1.53. The molecule has 1 atom stereocenters. The molecule has 1 aliphatic rings. The van der Waals surface area contributed by atoms with Crippen LogP contribution in [0.4, 0.5) is 4.79 Å². The van der Waals surface area contributed by atoms with Crippen LogP contribution in [-0.2, 0) is 9.59 Å². The molecule has 0 spiro atoms. The summed E-state index contributed by atoms with van der Waals surface area (Å²) in [7, 11) is 0. The molecule has 0 radical (unpaired) electrons. The van der Waals surface area contributed by atoms with Gasteiger partial charge in [-0.1, -0.05) is 26.2 Å². The fourth-order valence-corrected chi connectivity index (χ4v) is 2.39. The third kappa shape index (κ3) is 6.40. The topological polar surface area (TPSA) is 111 Å². The summed E-state index contributed by atoms with van der Waals surface area (Å²) in [6.07, 6.45) is 3.15. The molecule has 0 bridgehead atoms. The van der Waals surface area contributed by atoms with Crippen LogP contribution in [0, 0.1) is 5.92 Å². The van der Waals surface area contributed by atoms with Crippen molar-refractivity contribution in [2.45, 2.75) is 39.0 Å². The van der Waals surface area contributed by atoms with Crippen LogP contribution < -0.4 is 16.1 Å². The number of imide groups is 1. The van der Waals surface area contributed by atoms with Crippen molar-refractivity contribution in [3.63, 3.8) is 0 Å². The lowest BCUT2D eigenvalue weighted by atomic mass is 9.96. The third-order valence-corrected chi connectivity index (χ3v) is 3.72. The Kier molecular flexibility index (Phi) is 8.46. The first kappa shape index (κ1) is 18.4. The van der Waals surface area contributed by atoms with Crippen molar-refractivity contribution in [3.8, 4) is 0 Å². The van der Waals surface area contributed by atoms with E-state index >= 15 is 0 Å². The van der Waals surface area contributed by atoms with Gasteiger partial charge in [0, 0.05) is 38.5 Å². The molecule has 4 amide bonds. The van der Waals surface area contributed by atoms with Crippen LogP contribution in [0.3, 0.4) is 0 Å². The van der Waals surface area contributed by atoms with Crippen LogP contribution in [0.25, 0.3) is 0 Å². The first-order valence-corrected chi connectivity index (χ1v) is 7.81. The minimum atomic E-state index is -0.619. The van der Waals surface area contributed by atoms with Crippen LogP contribution in [0.5, 0.6) is 0 Å². The van der Waals surface area contributed by atoms with Crippen LogP contribution in [0.15, 0.2) is 0 Å². The number of nitrogens with one attached hydrogen (secondary N) is 3. The number of hydrogen-bond donors (Lipinski definition) is 4. The average Bonchev–Trinajstić information content (AvgIpc) is 2.54. The van der Waals surface area contributed by atoms with Gasteiger partial charge < -0.3 is 10.2 Å². The zero-order valence-corrected chi connectivity index (χ0v) is 13.1. The second-order valence-corrected chi connectivity index (χ2v) is 5.46. The van der Waals surface area contributed by atoms with E-state index in [1.807, 2.05) is 6.92 Å². The van der Waals surface area contributed by atoms with Crippen molar-refractivity contribution in [2.75, 3.05) is 26.2 Å². The van der Waals surface area contributed by atoms with Crippen LogP contribution in [0.2, 0.25) is 0 Å². The number of nitrogens with zero attached hydrogens (tertiary/aromatic N) is 1. The first-order chi connectivity index (χ1) is 10.6. The maximum atomic E-state index is 12.2. The standard InChI is InChI=1S/C14H26N4O4/c1-2-3-4-5-11(10-12(19)17-22)13(20)16-14(21)18-8-6-15-7-9-18/h11,15,22H,2-10H2,1H3,(H,17,19)(H,16,20,21)/t11-/m1/s1. The fourth-order valence-electron chi connectivity index (χ4n) is 2.39. The molecule has 1 saturated heterocycles. The fraction of sp³-hybridized carbons (Fsp3) is 0.786. The van der Waals surface area contributed by atoms with E-state index in [0.29, 0.717) is 32.6 Å². The lowest BCUT2D eigenvalue weighted by Gasteiger charge is -2.27. The lowest BCUT2D eigenvalue weighted by molar-refractivity contribution is -0.134. The van der Waals surface area contributed by atoms with Crippen LogP contribution in [0.1, 0.15) is 39.0 Å². The van der Waals surface area contributed by atoms with Crippen molar-refractivity contribution in [3.05, 3.63) is 0 Å². The summed E-state index contributed by atoms with van der Waals surface area (Å²) in [5, 5.41) is 14.1. The van der Waals surface area contributed by atoms with Gasteiger partial charge in [-0.05, 0) is 6.42 Å². The second kappa shape index (κ2) is 10.1. The smallest absolute Gasteiger partial charge is 0.322 e. The number of amides is 4. The monoisotopic (exact) mass is 314 g/mol. The van der Waals surface area contributed by atoms with Gasteiger partial charge >= 0.3 is 6.03 Å². The maximum Gasteiger partial charge on any atom is 0.324 e. The van der Waals surface area contributed by atoms with E-state index in [2.05, 4.69) is 10.6 Å². The Bertz CT molecular complexity index is 383. The molecule has 126 valence electrons. The van der Waals surface area contributed by atoms with Gasteiger partial charge in [-0.2, -0.15) is 0 Å². The molecule has 1 heterocycles. The van der Waals surface area contributed by atoms with Gasteiger partial charge in [-0.25, -0.2) is 10.3 Å². The van der Waals surface area contributed by atoms with E-state index in [4.69, 9.17) is 5.21 Å². The molecule has 8 nitrogen and oxygen atoms in total. The molecule has 0 aromatic heterocycles. The predicted molar refractivity (Wildman–Crippen MR) is 80.2 cm³/mol. The molecule has 1 rings (SSSR count). The zero-order chi connectivity index (χ0) is 16.4. The normalized spacial score (nSPS) is 16.0. The predicted octanol–water partition coefficient (Wildman–Crippen LogP) is 0.220. The molecule has 8 heteroatoms. The summed E-state index contributed by atoms with van der Waals surface area (Å²) >= 11 is 0. The maximum absolute atomic E-state index is 12.2. The number of rotatable bonds is 7. The molecule has 1 aliphatic heterocycles. The van der Waals surface area contributed by atoms with Crippen molar-refractivity contribution < 1.29 is 19.6 Å². The molecular weight excluding hydrogens is 288 g/mol. The molecule has 0 aromatic carbocycles. The van der Waals surface area contributed by atoms with E-state index < -0.39 is 23.8 Å². The van der Waals surface area contributed by atoms with Gasteiger partial charge in [-0.15, -0.1) is 0 Å². The van der Waals surface area contributed by atoms with Gasteiger partial charge in [0.15, 0.2) is 0 Å². The summed E-state index contributed by atoms with van der Waals surface area (Å²) in [4.78, 5) is 37.1. The number of carbonyl (C=O) groups excluding carboxylic acids is 3. The largest absolute Gasteiger partial charge is 0.324 e. The molecule has 0 saturated carbocycles. The van der Waals surface area contributed by atoms with Crippen molar-refractivity contribution in [1.82, 2.24) is 21.0 Å². The first-order valence-electron chi connectivity index (χ1n) is 7.81. The van der Waals surface area contributed by atoms with Crippen molar-refractivity contribution >= 4 is 17.8 Å². The number of piperazine rings is 1. The highest BCUT2D eigenvalue weighted by Crippen LogP contribution is 2.14. The van der Waals surface area contributed by atoms with Crippen LogP contribution in [-0.4, -0.2) is 54.1 Å². The van der Waals surface area contributed by atoms with Gasteiger partial charge in [-0.3, -0.25) is 20.1 Å². The molecule has 0 aromatic rings. The van der Waals surface area contributed by atoms with Crippen molar-refractivity contribution in [1.29, 1.82) is 0 Å². The molecule has 0 unspecified atom stereocenters. The Balaban J connectivity index is 2.52. The summed E-state index contributed by atoms with van der Waals surface area (Å²) < 4.78 is 0. The number of hydrogen-bond acceptors (Lipinski definition) is 5. The number of hydroxylamine groups is 1. The number of carbonyl (C=O) groups is 3. The Labute approximate surface area is 130 Å². The van der Waals surface area contributed by atoms with Gasteiger partial charge in [0.25, 0.3) is 0 Å². The zero-order valence-electron chi connectivity index (χ0n) is 13.1. The lowest BCUT2D eigenvalue weighted by Crippen LogP contribution is -2.52. The molecule has 22 heavy (non-hydrogen) atoms. The van der Waals surface area contributed by atoms with Gasteiger partial charge in [0.2, 0.25) is 11.8 Å². The number of unbranched alkanes of at least 4 members (excludes halogenated alkanes) is 2. The van der Waals surface area contributed by atoms with E-state index in [1.54, 1.807) is 4.90 Å². The van der Waals surface area contributed by atoms with E-state index in [0.717, 1.165) is 19.3 Å². The molecule has 1 fully saturated rings. The minimum Gasteiger partial charge on any atom is -0.322 e. The summed E-state index contributed by atoms with van der Waals surface area (Å²) in [6, 6.07) is -0.420.